The van der Waals surface area contributed by atoms with Gasteiger partial charge in [-0.15, -0.1) is 0 Å². The van der Waals surface area contributed by atoms with Crippen LogP contribution in [0.25, 0.3) is 11.1 Å². The van der Waals surface area contributed by atoms with E-state index >= 15 is 0 Å². The lowest BCUT2D eigenvalue weighted by atomic mass is 9.97. The normalized spacial score (nSPS) is 18.0. The first-order valence-corrected chi connectivity index (χ1v) is 25.0. The topological polar surface area (TPSA) is 197 Å². The van der Waals surface area contributed by atoms with E-state index in [1.165, 1.54) is 41.1 Å². The van der Waals surface area contributed by atoms with Crippen molar-refractivity contribution in [3.05, 3.63) is 111 Å². The Morgan fingerprint density at radius 1 is 0.851 bits per heavy atom. The van der Waals surface area contributed by atoms with E-state index in [2.05, 4.69) is 20.4 Å². The summed E-state index contributed by atoms with van der Waals surface area (Å²) in [7, 11) is 1.49. The average Bonchev–Trinajstić information content (AvgIpc) is 4.13. The van der Waals surface area contributed by atoms with Crippen LogP contribution in [0.3, 0.4) is 0 Å². The number of piperidine rings is 1. The molecule has 21 heteroatoms. The van der Waals surface area contributed by atoms with Gasteiger partial charge in [0.25, 0.3) is 11.8 Å². The summed E-state index contributed by atoms with van der Waals surface area (Å²) in [5.41, 5.74) is 3.59. The van der Waals surface area contributed by atoms with Crippen molar-refractivity contribution in [2.45, 2.75) is 69.9 Å². The SMILES string of the molecule is CN(C=N)C(=N)c1cc(F)ccc1-c1cc(C2CC2)nc(N2Cc3c(cc(CNCCOCCOCCOCCCN4CCN(c5ccc6c(c5)CN(C5CCC(=O)NC5=O)C6=O)CC4)cc3C(F)(F)F)C2=O)c1. The van der Waals surface area contributed by atoms with Crippen LogP contribution in [-0.4, -0.2) is 147 Å². The van der Waals surface area contributed by atoms with Crippen molar-refractivity contribution in [1.82, 2.24) is 30.3 Å². The molecule has 4 aromatic rings. The van der Waals surface area contributed by atoms with Gasteiger partial charge in [-0.3, -0.25) is 45.1 Å². The second-order valence-electron chi connectivity index (χ2n) is 19.2. The quantitative estimate of drug-likeness (QED) is 0.0239. The van der Waals surface area contributed by atoms with Crippen molar-refractivity contribution in [3.63, 3.8) is 0 Å². The molecule has 4 amide bonds. The van der Waals surface area contributed by atoms with Gasteiger partial charge in [0.15, 0.2) is 0 Å². The predicted molar refractivity (Wildman–Crippen MR) is 267 cm³/mol. The number of ether oxygens (including phenoxy) is 3. The molecule has 3 fully saturated rings. The number of alkyl halides is 3. The fourth-order valence-electron chi connectivity index (χ4n) is 9.94. The molecule has 1 unspecified atom stereocenters. The highest BCUT2D eigenvalue weighted by molar-refractivity contribution is 6.11. The minimum absolute atomic E-state index is 0.0568. The molecule has 4 N–H and O–H groups in total. The molecule has 4 aliphatic heterocycles. The number of hydrogen-bond acceptors (Lipinski definition) is 13. The molecule has 0 bridgehead atoms. The molecule has 2 saturated heterocycles. The maximum absolute atomic E-state index is 14.6. The molecular weight excluding hydrogens is 965 g/mol. The Labute approximate surface area is 426 Å². The molecule has 392 valence electrons. The number of halogens is 4. The number of benzene rings is 3. The number of hydrogen-bond donors (Lipinski definition) is 4. The van der Waals surface area contributed by atoms with Crippen molar-refractivity contribution in [2.75, 3.05) is 95.8 Å². The van der Waals surface area contributed by atoms with Crippen molar-refractivity contribution in [3.8, 4) is 11.1 Å². The number of pyridine rings is 1. The Bertz CT molecular complexity index is 2800. The molecule has 5 aliphatic rings. The van der Waals surface area contributed by atoms with Crippen molar-refractivity contribution >= 4 is 47.3 Å². The van der Waals surface area contributed by atoms with Gasteiger partial charge in [0, 0.05) is 106 Å². The Hall–Kier alpha value is -6.65. The van der Waals surface area contributed by atoms with E-state index in [9.17, 15) is 36.7 Å². The first-order valence-electron chi connectivity index (χ1n) is 25.0. The van der Waals surface area contributed by atoms with E-state index in [1.54, 1.807) is 11.0 Å². The van der Waals surface area contributed by atoms with Gasteiger partial charge in [-0.1, -0.05) is 6.07 Å². The van der Waals surface area contributed by atoms with Gasteiger partial charge < -0.3 is 34.2 Å². The fourth-order valence-corrected chi connectivity index (χ4v) is 9.94. The minimum atomic E-state index is -4.73. The maximum Gasteiger partial charge on any atom is 0.416 e. The third-order valence-electron chi connectivity index (χ3n) is 14.1. The van der Waals surface area contributed by atoms with Gasteiger partial charge in [0.05, 0.1) is 51.5 Å². The highest BCUT2D eigenvalue weighted by Gasteiger charge is 2.42. The zero-order valence-electron chi connectivity index (χ0n) is 41.2. The number of amides is 4. The zero-order valence-corrected chi connectivity index (χ0v) is 41.2. The fraction of sp³-hybridized carbons (Fsp3) is 0.453. The third-order valence-corrected chi connectivity index (χ3v) is 14.1. The van der Waals surface area contributed by atoms with E-state index in [0.717, 1.165) is 75.6 Å². The van der Waals surface area contributed by atoms with Crippen molar-refractivity contribution in [2.24, 2.45) is 0 Å². The number of carbonyl (C=O) groups is 4. The summed E-state index contributed by atoms with van der Waals surface area (Å²) in [6, 6.07) is 15.1. The Balaban J connectivity index is 0.663. The number of fused-ring (bicyclic) bond motifs is 2. The summed E-state index contributed by atoms with van der Waals surface area (Å²) in [4.78, 5) is 64.6. The Kier molecular flexibility index (Phi) is 16.1. The molecule has 0 radical (unpaired) electrons. The lowest BCUT2D eigenvalue weighted by Crippen LogP contribution is -2.52. The number of aromatic nitrogens is 1. The molecule has 5 heterocycles. The molecule has 3 aromatic carbocycles. The number of anilines is 2. The van der Waals surface area contributed by atoms with Crippen LogP contribution in [0.2, 0.25) is 0 Å². The molecule has 1 saturated carbocycles. The zero-order chi connectivity index (χ0) is 52.1. The van der Waals surface area contributed by atoms with Crippen LogP contribution < -0.4 is 20.4 Å². The highest BCUT2D eigenvalue weighted by atomic mass is 19.4. The molecular formula is C53H60F4N10O7. The number of nitrogens with zero attached hydrogens (tertiary/aromatic N) is 6. The van der Waals surface area contributed by atoms with Crippen LogP contribution in [0.15, 0.2) is 60.7 Å². The monoisotopic (exact) mass is 1020 g/mol. The van der Waals surface area contributed by atoms with Crippen molar-refractivity contribution < 1.29 is 51.0 Å². The summed E-state index contributed by atoms with van der Waals surface area (Å²) in [6.45, 7) is 7.21. The highest BCUT2D eigenvalue weighted by Crippen LogP contribution is 2.44. The van der Waals surface area contributed by atoms with Gasteiger partial charge >= 0.3 is 6.18 Å². The molecule has 0 spiro atoms. The second-order valence-corrected chi connectivity index (χ2v) is 19.2. The van der Waals surface area contributed by atoms with Crippen LogP contribution in [0.5, 0.6) is 0 Å². The summed E-state index contributed by atoms with van der Waals surface area (Å²) in [6.07, 6.45) is -0.661. The molecule has 1 atom stereocenters. The van der Waals surface area contributed by atoms with E-state index in [4.69, 9.17) is 30.0 Å². The maximum atomic E-state index is 14.6. The standard InChI is InChI=1S/C53H60F4N10O7/c1-63(32-58)49(59)41-28-37(54)5-7-39(41)35-26-45(34-3-4-34)61-47(27-35)67-31-43-42(52(67)71)23-33(24-44(43)53(55,56)57)29-60-11-18-73-20-22-74-21-19-72-17-2-12-64-13-15-65(16-14-64)38-6-8-40-36(25-38)30-66(51(40)70)46-9-10-48(68)62-50(46)69/h5-8,23-28,32,34,46,58-60H,2-4,9-22,29-31H2,1H3,(H,62,68,69). The van der Waals surface area contributed by atoms with Crippen LogP contribution in [0.4, 0.5) is 29.1 Å². The van der Waals surface area contributed by atoms with Crippen LogP contribution in [0, 0.1) is 16.6 Å². The first-order chi connectivity index (χ1) is 35.7. The van der Waals surface area contributed by atoms with E-state index in [1.807, 2.05) is 24.3 Å². The van der Waals surface area contributed by atoms with Crippen LogP contribution >= 0.6 is 0 Å². The molecule has 17 nitrogen and oxygen atoms in total. The van der Waals surface area contributed by atoms with Crippen LogP contribution in [-0.2, 0) is 49.6 Å². The predicted octanol–water partition coefficient (Wildman–Crippen LogP) is 5.92. The Morgan fingerprint density at radius 3 is 2.30 bits per heavy atom. The van der Waals surface area contributed by atoms with Gasteiger partial charge in [0.2, 0.25) is 11.8 Å². The lowest BCUT2D eigenvalue weighted by molar-refractivity contribution is -0.138. The summed E-state index contributed by atoms with van der Waals surface area (Å²) in [5, 5.41) is 21.7. The summed E-state index contributed by atoms with van der Waals surface area (Å²) < 4.78 is 75.4. The number of amidine groups is 1. The largest absolute Gasteiger partial charge is 0.416 e. The van der Waals surface area contributed by atoms with E-state index in [-0.39, 0.29) is 77.8 Å². The summed E-state index contributed by atoms with van der Waals surface area (Å²) in [5.74, 6) is -1.97. The molecule has 1 aliphatic carbocycles. The van der Waals surface area contributed by atoms with Gasteiger partial charge in [-0.2, -0.15) is 13.2 Å². The number of carbonyl (C=O) groups excluding carboxylic acids is 4. The molecule has 9 rings (SSSR count). The van der Waals surface area contributed by atoms with Gasteiger partial charge in [-0.25, -0.2) is 9.37 Å². The van der Waals surface area contributed by atoms with Crippen LogP contribution in [0.1, 0.15) is 92.2 Å². The smallest absolute Gasteiger partial charge is 0.379 e. The summed E-state index contributed by atoms with van der Waals surface area (Å²) >= 11 is 0. The number of imide groups is 1. The average molecular weight is 1030 g/mol. The number of rotatable bonds is 22. The lowest BCUT2D eigenvalue weighted by Gasteiger charge is -2.36. The van der Waals surface area contributed by atoms with Gasteiger partial charge in [0.1, 0.15) is 23.5 Å². The number of nitrogens with one attached hydrogen (secondary N) is 4. The van der Waals surface area contributed by atoms with Crippen molar-refractivity contribution in [1.29, 1.82) is 10.8 Å². The van der Waals surface area contributed by atoms with Gasteiger partial charge in [-0.05, 0) is 108 Å². The third kappa shape index (κ3) is 12.0. The van der Waals surface area contributed by atoms with E-state index < -0.39 is 35.4 Å². The molecule has 1 aromatic heterocycles. The minimum Gasteiger partial charge on any atom is -0.379 e. The first kappa shape index (κ1) is 52.2. The Morgan fingerprint density at radius 2 is 1.58 bits per heavy atom. The van der Waals surface area contributed by atoms with E-state index in [0.29, 0.717) is 74.9 Å². The molecule has 74 heavy (non-hydrogen) atoms. The second kappa shape index (κ2) is 22.9. The number of piperazine rings is 1.